The SMILES string of the molecule is CC(O)(CNC1CC1)COc1ccc2c(c1)OCO2. The highest BCUT2D eigenvalue weighted by atomic mass is 16.7. The number of benzene rings is 1. The largest absolute Gasteiger partial charge is 0.490 e. The topological polar surface area (TPSA) is 60.0 Å². The Morgan fingerprint density at radius 2 is 2.16 bits per heavy atom. The van der Waals surface area contributed by atoms with E-state index in [0.717, 1.165) is 5.75 Å². The molecule has 0 bridgehead atoms. The van der Waals surface area contributed by atoms with Gasteiger partial charge in [-0.2, -0.15) is 0 Å². The first-order chi connectivity index (χ1) is 9.12. The molecule has 1 aliphatic heterocycles. The lowest BCUT2D eigenvalue weighted by Crippen LogP contribution is -2.43. The lowest BCUT2D eigenvalue weighted by atomic mass is 10.1. The Bertz CT molecular complexity index is 457. The molecule has 0 spiro atoms. The molecule has 0 radical (unpaired) electrons. The van der Waals surface area contributed by atoms with Crippen molar-refractivity contribution < 1.29 is 19.3 Å². The molecule has 1 saturated carbocycles. The van der Waals surface area contributed by atoms with Crippen LogP contribution in [0.15, 0.2) is 18.2 Å². The first kappa shape index (κ1) is 12.6. The predicted octanol–water partition coefficient (Wildman–Crippen LogP) is 1.30. The molecule has 5 heteroatoms. The molecule has 1 fully saturated rings. The Balaban J connectivity index is 1.52. The second kappa shape index (κ2) is 4.90. The minimum Gasteiger partial charge on any atom is -0.490 e. The summed E-state index contributed by atoms with van der Waals surface area (Å²) in [7, 11) is 0. The van der Waals surface area contributed by atoms with Gasteiger partial charge in [0.05, 0.1) is 0 Å². The highest BCUT2D eigenvalue weighted by Crippen LogP contribution is 2.35. The van der Waals surface area contributed by atoms with E-state index in [2.05, 4.69) is 5.32 Å². The third-order valence-corrected chi connectivity index (χ3v) is 3.24. The van der Waals surface area contributed by atoms with Crippen LogP contribution in [0.3, 0.4) is 0 Å². The van der Waals surface area contributed by atoms with Crippen LogP contribution in [0.2, 0.25) is 0 Å². The van der Waals surface area contributed by atoms with E-state index in [1.165, 1.54) is 12.8 Å². The monoisotopic (exact) mass is 265 g/mol. The maximum Gasteiger partial charge on any atom is 0.231 e. The zero-order valence-electron chi connectivity index (χ0n) is 11.0. The van der Waals surface area contributed by atoms with Gasteiger partial charge in [-0.3, -0.25) is 0 Å². The standard InChI is InChI=1S/C14H19NO4/c1-14(16,7-15-10-2-3-10)8-17-11-4-5-12-13(6-11)19-9-18-12/h4-6,10,15-16H,2-3,7-9H2,1H3. The van der Waals surface area contributed by atoms with E-state index in [4.69, 9.17) is 14.2 Å². The van der Waals surface area contributed by atoms with Gasteiger partial charge in [0.1, 0.15) is 18.0 Å². The molecule has 2 N–H and O–H groups in total. The van der Waals surface area contributed by atoms with Gasteiger partial charge in [0.25, 0.3) is 0 Å². The van der Waals surface area contributed by atoms with Crippen molar-refractivity contribution in [2.24, 2.45) is 0 Å². The van der Waals surface area contributed by atoms with Gasteiger partial charge in [0.2, 0.25) is 6.79 Å². The Kier molecular flexibility index (Phi) is 3.24. The third-order valence-electron chi connectivity index (χ3n) is 3.24. The van der Waals surface area contributed by atoms with Gasteiger partial charge in [-0.1, -0.05) is 0 Å². The van der Waals surface area contributed by atoms with Crippen molar-refractivity contribution in [2.45, 2.75) is 31.4 Å². The summed E-state index contributed by atoms with van der Waals surface area (Å²) in [6, 6.07) is 6.00. The van der Waals surface area contributed by atoms with Gasteiger partial charge in [-0.25, -0.2) is 0 Å². The fourth-order valence-electron chi connectivity index (χ4n) is 1.91. The summed E-state index contributed by atoms with van der Waals surface area (Å²) in [5, 5.41) is 13.5. The van der Waals surface area contributed by atoms with Gasteiger partial charge in [0, 0.05) is 18.7 Å². The fourth-order valence-corrected chi connectivity index (χ4v) is 1.91. The average molecular weight is 265 g/mol. The number of hydrogen-bond donors (Lipinski definition) is 2. The van der Waals surface area contributed by atoms with E-state index in [1.807, 2.05) is 12.1 Å². The molecule has 1 aromatic rings. The number of aliphatic hydroxyl groups is 1. The molecule has 19 heavy (non-hydrogen) atoms. The van der Waals surface area contributed by atoms with Crippen LogP contribution in [0.25, 0.3) is 0 Å². The predicted molar refractivity (Wildman–Crippen MR) is 69.7 cm³/mol. The second-order valence-electron chi connectivity index (χ2n) is 5.46. The molecule has 5 nitrogen and oxygen atoms in total. The highest BCUT2D eigenvalue weighted by molar-refractivity contribution is 5.46. The molecule has 3 rings (SSSR count). The molecule has 1 atom stereocenters. The smallest absolute Gasteiger partial charge is 0.231 e. The van der Waals surface area contributed by atoms with Gasteiger partial charge in [0.15, 0.2) is 11.5 Å². The van der Waals surface area contributed by atoms with E-state index < -0.39 is 5.60 Å². The molecule has 0 aromatic heterocycles. The zero-order chi connectivity index (χ0) is 13.3. The fraction of sp³-hybridized carbons (Fsp3) is 0.571. The van der Waals surface area contributed by atoms with E-state index in [0.29, 0.717) is 24.1 Å². The molecule has 1 aromatic carbocycles. The summed E-state index contributed by atoms with van der Waals surface area (Å²) in [6.45, 7) is 2.81. The van der Waals surface area contributed by atoms with E-state index in [-0.39, 0.29) is 13.4 Å². The summed E-state index contributed by atoms with van der Waals surface area (Å²) >= 11 is 0. The molecular weight excluding hydrogens is 246 g/mol. The summed E-state index contributed by atoms with van der Waals surface area (Å²) in [6.07, 6.45) is 2.41. The lowest BCUT2D eigenvalue weighted by Gasteiger charge is -2.24. The third kappa shape index (κ3) is 3.30. The number of rotatable bonds is 6. The first-order valence-corrected chi connectivity index (χ1v) is 6.61. The van der Waals surface area contributed by atoms with Crippen LogP contribution in [-0.4, -0.2) is 36.7 Å². The van der Waals surface area contributed by atoms with Crippen LogP contribution in [0.5, 0.6) is 17.2 Å². The molecule has 104 valence electrons. The van der Waals surface area contributed by atoms with Crippen LogP contribution in [0.1, 0.15) is 19.8 Å². The summed E-state index contributed by atoms with van der Waals surface area (Å²) in [4.78, 5) is 0. The zero-order valence-corrected chi connectivity index (χ0v) is 11.0. The van der Waals surface area contributed by atoms with Crippen LogP contribution in [0, 0.1) is 0 Å². The van der Waals surface area contributed by atoms with Gasteiger partial charge in [-0.05, 0) is 31.9 Å². The molecular formula is C14H19NO4. The molecule has 1 aliphatic carbocycles. The summed E-state index contributed by atoms with van der Waals surface area (Å²) in [5.41, 5.74) is -0.876. The van der Waals surface area contributed by atoms with Crippen molar-refractivity contribution in [1.82, 2.24) is 5.32 Å². The Morgan fingerprint density at radius 1 is 1.37 bits per heavy atom. The van der Waals surface area contributed by atoms with Crippen molar-refractivity contribution in [1.29, 1.82) is 0 Å². The maximum absolute atomic E-state index is 10.2. The van der Waals surface area contributed by atoms with Gasteiger partial charge >= 0.3 is 0 Å². The second-order valence-corrected chi connectivity index (χ2v) is 5.46. The van der Waals surface area contributed by atoms with Crippen molar-refractivity contribution in [3.63, 3.8) is 0 Å². The summed E-state index contributed by atoms with van der Waals surface area (Å²) < 4.78 is 16.1. The minimum absolute atomic E-state index is 0.242. The number of hydrogen-bond acceptors (Lipinski definition) is 5. The lowest BCUT2D eigenvalue weighted by molar-refractivity contribution is 0.0119. The van der Waals surface area contributed by atoms with Crippen molar-refractivity contribution >= 4 is 0 Å². The average Bonchev–Trinajstić information content (AvgIpc) is 3.11. The molecule has 2 aliphatic rings. The highest BCUT2D eigenvalue weighted by Gasteiger charge is 2.27. The van der Waals surface area contributed by atoms with E-state index in [9.17, 15) is 5.11 Å². The maximum atomic E-state index is 10.2. The van der Waals surface area contributed by atoms with Crippen molar-refractivity contribution in [2.75, 3.05) is 19.9 Å². The Morgan fingerprint density at radius 3 is 2.95 bits per heavy atom. The van der Waals surface area contributed by atoms with Crippen molar-refractivity contribution in [3.8, 4) is 17.2 Å². The Hall–Kier alpha value is -1.46. The summed E-state index contributed by atoms with van der Waals surface area (Å²) in [5.74, 6) is 2.10. The van der Waals surface area contributed by atoms with Gasteiger partial charge in [-0.15, -0.1) is 0 Å². The van der Waals surface area contributed by atoms with Crippen molar-refractivity contribution in [3.05, 3.63) is 18.2 Å². The first-order valence-electron chi connectivity index (χ1n) is 6.61. The van der Waals surface area contributed by atoms with Crippen LogP contribution >= 0.6 is 0 Å². The number of fused-ring (bicyclic) bond motifs is 1. The van der Waals surface area contributed by atoms with E-state index in [1.54, 1.807) is 13.0 Å². The quantitative estimate of drug-likeness (QED) is 0.812. The van der Waals surface area contributed by atoms with E-state index >= 15 is 0 Å². The van der Waals surface area contributed by atoms with Crippen LogP contribution in [0.4, 0.5) is 0 Å². The normalized spacial score (nSPS) is 20.1. The van der Waals surface area contributed by atoms with Gasteiger partial charge < -0.3 is 24.6 Å². The van der Waals surface area contributed by atoms with Crippen LogP contribution < -0.4 is 19.5 Å². The molecule has 0 amide bonds. The Labute approximate surface area is 112 Å². The number of nitrogens with one attached hydrogen (secondary N) is 1. The molecule has 0 saturated heterocycles. The minimum atomic E-state index is -0.876. The van der Waals surface area contributed by atoms with Crippen LogP contribution in [-0.2, 0) is 0 Å². The molecule has 1 unspecified atom stereocenters. The number of ether oxygens (including phenoxy) is 3. The molecule has 1 heterocycles.